The molecule has 2 fully saturated rings. The summed E-state index contributed by atoms with van der Waals surface area (Å²) in [5.41, 5.74) is 0. The smallest absolute Gasteiger partial charge is 0.229 e. The lowest BCUT2D eigenvalue weighted by atomic mass is 10.0. The largest absolute Gasteiger partial charge is 0.379 e. The molecule has 2 rings (SSSR count). The molecule has 1 N–H and O–H groups in total. The molecule has 0 aromatic rings. The summed E-state index contributed by atoms with van der Waals surface area (Å²) in [6.45, 7) is 6.28. The van der Waals surface area contributed by atoms with Crippen molar-refractivity contribution >= 4 is 5.91 Å². The van der Waals surface area contributed by atoms with Crippen molar-refractivity contribution in [3.05, 3.63) is 0 Å². The predicted molar refractivity (Wildman–Crippen MR) is 71.4 cm³/mol. The van der Waals surface area contributed by atoms with E-state index in [4.69, 9.17) is 4.74 Å². The highest BCUT2D eigenvalue weighted by atomic mass is 16.5. The summed E-state index contributed by atoms with van der Waals surface area (Å²) >= 11 is 0. The highest BCUT2D eigenvalue weighted by molar-refractivity contribution is 5.80. The Morgan fingerprint density at radius 3 is 2.61 bits per heavy atom. The van der Waals surface area contributed by atoms with Gasteiger partial charge in [0.25, 0.3) is 0 Å². The molecular formula is C14H26N2O2. The Hall–Kier alpha value is -0.610. The van der Waals surface area contributed by atoms with Crippen LogP contribution in [-0.4, -0.2) is 49.7 Å². The molecule has 0 aliphatic carbocycles. The summed E-state index contributed by atoms with van der Waals surface area (Å²) in [6, 6.07) is 0.223. The standard InChI is InChI=1S/C14H26N2O2/c1-2-7-15-13-11-18-10-12(13)14(17)16-8-5-3-4-6-9-16/h12-13,15H,2-11H2,1H3. The average molecular weight is 254 g/mol. The van der Waals surface area contributed by atoms with Gasteiger partial charge in [-0.05, 0) is 25.8 Å². The molecule has 104 valence electrons. The highest BCUT2D eigenvalue weighted by Crippen LogP contribution is 2.19. The van der Waals surface area contributed by atoms with Gasteiger partial charge >= 0.3 is 0 Å². The summed E-state index contributed by atoms with van der Waals surface area (Å²) in [6.07, 6.45) is 5.95. The summed E-state index contributed by atoms with van der Waals surface area (Å²) in [5, 5.41) is 3.44. The Bertz CT molecular complexity index is 263. The van der Waals surface area contributed by atoms with E-state index < -0.39 is 0 Å². The van der Waals surface area contributed by atoms with Crippen LogP contribution in [0.2, 0.25) is 0 Å². The summed E-state index contributed by atoms with van der Waals surface area (Å²) in [4.78, 5) is 14.6. The molecule has 2 heterocycles. The second kappa shape index (κ2) is 7.10. The van der Waals surface area contributed by atoms with E-state index in [1.165, 1.54) is 12.8 Å². The van der Waals surface area contributed by atoms with Crippen molar-refractivity contribution in [3.63, 3.8) is 0 Å². The Kier molecular flexibility index (Phi) is 5.45. The number of ether oxygens (including phenoxy) is 1. The minimum absolute atomic E-state index is 0.0367. The van der Waals surface area contributed by atoms with Gasteiger partial charge in [-0.15, -0.1) is 0 Å². The van der Waals surface area contributed by atoms with Crippen LogP contribution in [0.25, 0.3) is 0 Å². The van der Waals surface area contributed by atoms with E-state index in [1.54, 1.807) is 0 Å². The highest BCUT2D eigenvalue weighted by Gasteiger charge is 2.36. The van der Waals surface area contributed by atoms with Gasteiger partial charge < -0.3 is 15.0 Å². The monoisotopic (exact) mass is 254 g/mol. The quantitative estimate of drug-likeness (QED) is 0.824. The molecule has 2 atom stereocenters. The van der Waals surface area contributed by atoms with E-state index in [-0.39, 0.29) is 12.0 Å². The number of nitrogens with zero attached hydrogens (tertiary/aromatic N) is 1. The Morgan fingerprint density at radius 1 is 1.22 bits per heavy atom. The van der Waals surface area contributed by atoms with Crippen molar-refractivity contribution in [1.82, 2.24) is 10.2 Å². The molecular weight excluding hydrogens is 228 g/mol. The molecule has 0 saturated carbocycles. The molecule has 18 heavy (non-hydrogen) atoms. The number of hydrogen-bond donors (Lipinski definition) is 1. The van der Waals surface area contributed by atoms with Crippen molar-refractivity contribution in [2.75, 3.05) is 32.8 Å². The zero-order chi connectivity index (χ0) is 12.8. The maximum atomic E-state index is 12.5. The molecule has 0 radical (unpaired) electrons. The minimum Gasteiger partial charge on any atom is -0.379 e. The van der Waals surface area contributed by atoms with Crippen molar-refractivity contribution in [2.24, 2.45) is 5.92 Å². The molecule has 2 aliphatic heterocycles. The molecule has 0 bridgehead atoms. The van der Waals surface area contributed by atoms with E-state index in [9.17, 15) is 4.79 Å². The lowest BCUT2D eigenvalue weighted by molar-refractivity contribution is -0.136. The first-order valence-corrected chi connectivity index (χ1v) is 7.43. The van der Waals surface area contributed by atoms with Gasteiger partial charge in [-0.2, -0.15) is 0 Å². The first-order chi connectivity index (χ1) is 8.83. The molecule has 0 spiro atoms. The van der Waals surface area contributed by atoms with Crippen LogP contribution < -0.4 is 5.32 Å². The number of nitrogens with one attached hydrogen (secondary N) is 1. The van der Waals surface area contributed by atoms with Crippen molar-refractivity contribution < 1.29 is 9.53 Å². The normalized spacial score (nSPS) is 29.3. The number of rotatable bonds is 4. The van der Waals surface area contributed by atoms with Crippen LogP contribution in [0.4, 0.5) is 0 Å². The third-order valence-electron chi connectivity index (χ3n) is 3.97. The average Bonchev–Trinajstić information content (AvgIpc) is 2.68. The van der Waals surface area contributed by atoms with Gasteiger partial charge in [0.05, 0.1) is 19.1 Å². The topological polar surface area (TPSA) is 41.6 Å². The van der Waals surface area contributed by atoms with Crippen LogP contribution in [0, 0.1) is 5.92 Å². The Labute approximate surface area is 110 Å². The van der Waals surface area contributed by atoms with Gasteiger partial charge in [0.1, 0.15) is 0 Å². The number of likely N-dealkylation sites (tertiary alicyclic amines) is 1. The first-order valence-electron chi connectivity index (χ1n) is 7.43. The lowest BCUT2D eigenvalue weighted by Crippen LogP contribution is -2.46. The first kappa shape index (κ1) is 13.8. The number of hydrogen-bond acceptors (Lipinski definition) is 3. The van der Waals surface area contributed by atoms with E-state index in [1.807, 2.05) is 0 Å². The fourth-order valence-electron chi connectivity index (χ4n) is 2.85. The van der Waals surface area contributed by atoms with Crippen molar-refractivity contribution in [1.29, 1.82) is 0 Å². The molecule has 0 aromatic carbocycles. The molecule has 4 nitrogen and oxygen atoms in total. The fourth-order valence-corrected chi connectivity index (χ4v) is 2.85. The van der Waals surface area contributed by atoms with Gasteiger partial charge in [0.15, 0.2) is 0 Å². The van der Waals surface area contributed by atoms with Gasteiger partial charge in [0.2, 0.25) is 5.91 Å². The lowest BCUT2D eigenvalue weighted by Gasteiger charge is -2.26. The van der Waals surface area contributed by atoms with E-state index in [0.717, 1.165) is 38.9 Å². The zero-order valence-corrected chi connectivity index (χ0v) is 11.5. The van der Waals surface area contributed by atoms with Gasteiger partial charge in [-0.25, -0.2) is 0 Å². The summed E-state index contributed by atoms with van der Waals surface area (Å²) < 4.78 is 5.50. The van der Waals surface area contributed by atoms with E-state index in [2.05, 4.69) is 17.1 Å². The van der Waals surface area contributed by atoms with Crippen molar-refractivity contribution in [2.45, 2.75) is 45.1 Å². The van der Waals surface area contributed by atoms with Gasteiger partial charge in [0, 0.05) is 19.1 Å². The molecule has 2 unspecified atom stereocenters. The van der Waals surface area contributed by atoms with E-state index >= 15 is 0 Å². The maximum absolute atomic E-state index is 12.5. The molecule has 1 amide bonds. The van der Waals surface area contributed by atoms with E-state index in [0.29, 0.717) is 19.1 Å². The third kappa shape index (κ3) is 3.45. The number of carbonyl (C=O) groups excluding carboxylic acids is 1. The van der Waals surface area contributed by atoms with Gasteiger partial charge in [-0.3, -0.25) is 4.79 Å². The van der Waals surface area contributed by atoms with Crippen LogP contribution in [0.1, 0.15) is 39.0 Å². The van der Waals surface area contributed by atoms with Crippen molar-refractivity contribution in [3.8, 4) is 0 Å². The number of carbonyl (C=O) groups is 1. The second-order valence-electron chi connectivity index (χ2n) is 5.44. The number of amides is 1. The maximum Gasteiger partial charge on any atom is 0.229 e. The van der Waals surface area contributed by atoms with Crippen LogP contribution in [0.15, 0.2) is 0 Å². The SMILES string of the molecule is CCCNC1COCC1C(=O)N1CCCCCC1. The summed E-state index contributed by atoms with van der Waals surface area (Å²) in [7, 11) is 0. The molecule has 2 aliphatic rings. The second-order valence-corrected chi connectivity index (χ2v) is 5.44. The predicted octanol–water partition coefficient (Wildman–Crippen LogP) is 1.40. The molecule has 0 aromatic heterocycles. The fraction of sp³-hybridized carbons (Fsp3) is 0.929. The van der Waals surface area contributed by atoms with Crippen LogP contribution >= 0.6 is 0 Å². The van der Waals surface area contributed by atoms with Crippen LogP contribution in [-0.2, 0) is 9.53 Å². The summed E-state index contributed by atoms with van der Waals surface area (Å²) in [5.74, 6) is 0.345. The van der Waals surface area contributed by atoms with Crippen LogP contribution in [0.5, 0.6) is 0 Å². The Balaban J connectivity index is 1.89. The minimum atomic E-state index is 0.0367. The zero-order valence-electron chi connectivity index (χ0n) is 11.5. The van der Waals surface area contributed by atoms with Gasteiger partial charge in [-0.1, -0.05) is 19.8 Å². The molecule has 2 saturated heterocycles. The molecule has 4 heteroatoms. The third-order valence-corrected chi connectivity index (χ3v) is 3.97. The Morgan fingerprint density at radius 2 is 1.94 bits per heavy atom. The van der Waals surface area contributed by atoms with Crippen LogP contribution in [0.3, 0.4) is 0 Å².